The molecule has 74 valence electrons. The van der Waals surface area contributed by atoms with E-state index in [0.717, 1.165) is 11.3 Å². The van der Waals surface area contributed by atoms with Gasteiger partial charge in [-0.15, -0.1) is 0 Å². The molecule has 1 aromatic carbocycles. The van der Waals surface area contributed by atoms with Gasteiger partial charge in [0.05, 0.1) is 6.54 Å². The van der Waals surface area contributed by atoms with Crippen molar-refractivity contribution >= 4 is 11.5 Å². The molecule has 0 unspecified atom stereocenters. The summed E-state index contributed by atoms with van der Waals surface area (Å²) in [5.74, 6) is 0.0933. The van der Waals surface area contributed by atoms with Crippen molar-refractivity contribution in [3.05, 3.63) is 42.0 Å². The summed E-state index contributed by atoms with van der Waals surface area (Å²) >= 11 is 0. The van der Waals surface area contributed by atoms with Gasteiger partial charge in [-0.05, 0) is 31.6 Å². The van der Waals surface area contributed by atoms with Crippen LogP contribution >= 0.6 is 0 Å². The van der Waals surface area contributed by atoms with Crippen molar-refractivity contribution in [2.75, 3.05) is 11.9 Å². The lowest BCUT2D eigenvalue weighted by atomic mass is 10.2. The van der Waals surface area contributed by atoms with Gasteiger partial charge in [0.1, 0.15) is 0 Å². The average Bonchev–Trinajstić information content (AvgIpc) is 2.17. The summed E-state index contributed by atoms with van der Waals surface area (Å²) in [6, 6.07) is 7.92. The molecule has 0 atom stereocenters. The Morgan fingerprint density at radius 1 is 1.43 bits per heavy atom. The van der Waals surface area contributed by atoms with E-state index in [0.29, 0.717) is 6.54 Å². The molecule has 0 fully saturated rings. The van der Waals surface area contributed by atoms with Crippen LogP contribution in [-0.4, -0.2) is 12.3 Å². The second-order valence-electron chi connectivity index (χ2n) is 3.13. The van der Waals surface area contributed by atoms with E-state index in [1.54, 1.807) is 12.2 Å². The summed E-state index contributed by atoms with van der Waals surface area (Å²) in [4.78, 5) is 11.2. The molecule has 0 saturated carbocycles. The molecule has 2 heteroatoms. The van der Waals surface area contributed by atoms with Crippen LogP contribution in [0.15, 0.2) is 36.4 Å². The third-order valence-corrected chi connectivity index (χ3v) is 1.95. The fourth-order valence-electron chi connectivity index (χ4n) is 1.20. The number of rotatable bonds is 4. The van der Waals surface area contributed by atoms with Crippen molar-refractivity contribution in [1.29, 1.82) is 0 Å². The molecule has 14 heavy (non-hydrogen) atoms. The zero-order valence-corrected chi connectivity index (χ0v) is 8.58. The summed E-state index contributed by atoms with van der Waals surface area (Å²) in [5, 5.41) is 3.10. The smallest absolute Gasteiger partial charge is 0.174 e. The van der Waals surface area contributed by atoms with Gasteiger partial charge in [0.15, 0.2) is 5.78 Å². The van der Waals surface area contributed by atoms with E-state index >= 15 is 0 Å². The molecular weight excluding hydrogens is 174 g/mol. The highest BCUT2D eigenvalue weighted by atomic mass is 16.1. The normalized spacial score (nSPS) is 10.4. The number of carbonyl (C=O) groups excluding carboxylic acids is 1. The van der Waals surface area contributed by atoms with Gasteiger partial charge in [-0.2, -0.15) is 0 Å². The standard InChI is InChI=1S/C12H15NO/c1-3-6-11(14)9-13-12-8-5-4-7-10(12)2/h3-8,13H,9H2,1-2H3. The number of benzene rings is 1. The van der Waals surface area contributed by atoms with Gasteiger partial charge in [-0.25, -0.2) is 0 Å². The minimum atomic E-state index is 0.0933. The first kappa shape index (κ1) is 10.5. The Kier molecular flexibility index (Phi) is 3.92. The summed E-state index contributed by atoms with van der Waals surface area (Å²) < 4.78 is 0. The quantitative estimate of drug-likeness (QED) is 0.737. The van der Waals surface area contributed by atoms with Crippen LogP contribution in [0, 0.1) is 6.92 Å². The molecule has 0 amide bonds. The molecular formula is C12H15NO. The summed E-state index contributed by atoms with van der Waals surface area (Å²) in [6.07, 6.45) is 3.33. The van der Waals surface area contributed by atoms with E-state index in [1.165, 1.54) is 0 Å². The molecule has 2 nitrogen and oxygen atoms in total. The second kappa shape index (κ2) is 5.22. The van der Waals surface area contributed by atoms with Gasteiger partial charge in [-0.1, -0.05) is 24.3 Å². The van der Waals surface area contributed by atoms with Gasteiger partial charge in [0.25, 0.3) is 0 Å². The largest absolute Gasteiger partial charge is 0.377 e. The molecule has 0 spiro atoms. The minimum Gasteiger partial charge on any atom is -0.377 e. The molecule has 0 bridgehead atoms. The molecule has 0 radical (unpaired) electrons. The van der Waals surface area contributed by atoms with Gasteiger partial charge < -0.3 is 5.32 Å². The van der Waals surface area contributed by atoms with Crippen LogP contribution in [0.25, 0.3) is 0 Å². The molecule has 0 aromatic heterocycles. The Hall–Kier alpha value is -1.57. The van der Waals surface area contributed by atoms with Crippen LogP contribution in [0.5, 0.6) is 0 Å². The van der Waals surface area contributed by atoms with Gasteiger partial charge >= 0.3 is 0 Å². The Balaban J connectivity index is 2.54. The number of allylic oxidation sites excluding steroid dienone is 1. The molecule has 0 saturated heterocycles. The van der Waals surface area contributed by atoms with Crippen LogP contribution in [0.4, 0.5) is 5.69 Å². The highest BCUT2D eigenvalue weighted by Gasteiger charge is 1.98. The van der Waals surface area contributed by atoms with Crippen molar-refractivity contribution in [3.63, 3.8) is 0 Å². The maximum absolute atomic E-state index is 11.2. The fraction of sp³-hybridized carbons (Fsp3) is 0.250. The van der Waals surface area contributed by atoms with Crippen molar-refractivity contribution in [2.45, 2.75) is 13.8 Å². The van der Waals surface area contributed by atoms with Gasteiger partial charge in [-0.3, -0.25) is 4.79 Å². The number of hydrogen-bond acceptors (Lipinski definition) is 2. The third kappa shape index (κ3) is 3.05. The Bertz CT molecular complexity index is 342. The predicted molar refractivity (Wildman–Crippen MR) is 59.5 cm³/mol. The van der Waals surface area contributed by atoms with Crippen molar-refractivity contribution in [2.24, 2.45) is 0 Å². The number of ketones is 1. The van der Waals surface area contributed by atoms with E-state index in [-0.39, 0.29) is 5.78 Å². The maximum atomic E-state index is 11.2. The molecule has 0 heterocycles. The Morgan fingerprint density at radius 2 is 2.14 bits per heavy atom. The highest BCUT2D eigenvalue weighted by Crippen LogP contribution is 2.12. The van der Waals surface area contributed by atoms with Gasteiger partial charge in [0.2, 0.25) is 0 Å². The van der Waals surface area contributed by atoms with Crippen molar-refractivity contribution in [3.8, 4) is 0 Å². The van der Waals surface area contributed by atoms with E-state index < -0.39 is 0 Å². The first-order valence-corrected chi connectivity index (χ1v) is 4.69. The van der Waals surface area contributed by atoms with Crippen LogP contribution in [0.1, 0.15) is 12.5 Å². The number of aryl methyl sites for hydroxylation is 1. The lowest BCUT2D eigenvalue weighted by Crippen LogP contribution is -2.11. The molecule has 0 aliphatic heterocycles. The lowest BCUT2D eigenvalue weighted by molar-refractivity contribution is -0.113. The number of nitrogens with one attached hydrogen (secondary N) is 1. The molecule has 0 aliphatic carbocycles. The predicted octanol–water partition coefficient (Wildman–Crippen LogP) is 2.55. The highest BCUT2D eigenvalue weighted by molar-refractivity contribution is 5.93. The van der Waals surface area contributed by atoms with E-state index in [9.17, 15) is 4.79 Å². The van der Waals surface area contributed by atoms with E-state index in [1.807, 2.05) is 38.1 Å². The van der Waals surface area contributed by atoms with E-state index in [2.05, 4.69) is 5.32 Å². The van der Waals surface area contributed by atoms with Crippen molar-refractivity contribution in [1.82, 2.24) is 0 Å². The number of hydrogen-bond donors (Lipinski definition) is 1. The fourth-order valence-corrected chi connectivity index (χ4v) is 1.20. The lowest BCUT2D eigenvalue weighted by Gasteiger charge is -2.06. The first-order valence-electron chi connectivity index (χ1n) is 4.69. The SMILES string of the molecule is CC=CC(=O)CNc1ccccc1C. The minimum absolute atomic E-state index is 0.0933. The molecule has 1 rings (SSSR count). The second-order valence-corrected chi connectivity index (χ2v) is 3.13. The van der Waals surface area contributed by atoms with Crippen LogP contribution in [-0.2, 0) is 4.79 Å². The maximum Gasteiger partial charge on any atom is 0.174 e. The van der Waals surface area contributed by atoms with Crippen LogP contribution < -0.4 is 5.32 Å². The van der Waals surface area contributed by atoms with Crippen LogP contribution in [0.3, 0.4) is 0 Å². The summed E-state index contributed by atoms with van der Waals surface area (Å²) in [5.41, 5.74) is 2.17. The Labute approximate surface area is 84.6 Å². The topological polar surface area (TPSA) is 29.1 Å². The van der Waals surface area contributed by atoms with E-state index in [4.69, 9.17) is 0 Å². The van der Waals surface area contributed by atoms with Gasteiger partial charge in [0, 0.05) is 5.69 Å². The summed E-state index contributed by atoms with van der Waals surface area (Å²) in [7, 11) is 0. The third-order valence-electron chi connectivity index (χ3n) is 1.95. The van der Waals surface area contributed by atoms with Crippen LogP contribution in [0.2, 0.25) is 0 Å². The monoisotopic (exact) mass is 189 g/mol. The zero-order valence-electron chi connectivity index (χ0n) is 8.58. The molecule has 0 aliphatic rings. The average molecular weight is 189 g/mol. The molecule has 1 aromatic rings. The number of anilines is 1. The number of carbonyl (C=O) groups is 1. The number of para-hydroxylation sites is 1. The molecule has 1 N–H and O–H groups in total. The Morgan fingerprint density at radius 3 is 2.79 bits per heavy atom. The zero-order chi connectivity index (χ0) is 10.4. The first-order chi connectivity index (χ1) is 6.74. The van der Waals surface area contributed by atoms with Crippen molar-refractivity contribution < 1.29 is 4.79 Å². The summed E-state index contributed by atoms with van der Waals surface area (Å²) in [6.45, 7) is 4.21.